The van der Waals surface area contributed by atoms with Gasteiger partial charge in [0, 0.05) is 102 Å². The van der Waals surface area contributed by atoms with E-state index in [1.54, 1.807) is 18.4 Å². The van der Waals surface area contributed by atoms with E-state index in [1.807, 2.05) is 74.5 Å². The number of rotatable bonds is 24. The average Bonchev–Trinajstić information content (AvgIpc) is 4.23. The van der Waals surface area contributed by atoms with E-state index < -0.39 is 35.4 Å². The van der Waals surface area contributed by atoms with Crippen LogP contribution in [0.1, 0.15) is 115 Å². The van der Waals surface area contributed by atoms with Gasteiger partial charge in [-0.05, 0) is 101 Å². The minimum absolute atomic E-state index is 0.0128. The smallest absolute Gasteiger partial charge is 0.251 e. The van der Waals surface area contributed by atoms with Gasteiger partial charge >= 0.3 is 0 Å². The maximum atomic E-state index is 14.2. The molecule has 5 N–H and O–H groups in total. The standard InChI is InChI=1S/C57H81F2N11O7S/c1-38-50(78-37-62-38)40-16-14-39(15-17-40)35-61-53(74)45-32-42(71)36-70(45)54(75)51(56(2,3)4)65-49(73)13-7-6-12-48(72)60-22-10-25-68-27-18-41(19-28-68)63-52-43-33-46(76-5)47(77-31-11-26-67-23-8-9-24-67)34-44(43)64-55(66-52)69-29-20-57(58,59)21-30-69/h14-17,33-34,37,41-42,45,51,71H,6-13,18-32,35-36H2,1-5H3,(H,60,72)(H,61,74)(H,65,73)(H,63,64,66)/t42-,45+,51-/m1/s1. The first kappa shape index (κ1) is 58.4. The van der Waals surface area contributed by atoms with E-state index in [-0.39, 0.29) is 82.0 Å². The van der Waals surface area contributed by atoms with Crippen molar-refractivity contribution in [2.75, 3.05) is 89.4 Å². The summed E-state index contributed by atoms with van der Waals surface area (Å²) in [6.07, 6.45) is 5.97. The molecule has 78 heavy (non-hydrogen) atoms. The lowest BCUT2D eigenvalue weighted by Gasteiger charge is -2.35. The first-order valence-electron chi connectivity index (χ1n) is 28.1. The third-order valence-electron chi connectivity index (χ3n) is 15.5. The molecule has 4 amide bonds. The average molecular weight is 1100 g/mol. The summed E-state index contributed by atoms with van der Waals surface area (Å²) in [5.41, 5.74) is 4.69. The Balaban J connectivity index is 0.742. The number of nitrogens with one attached hydrogen (secondary N) is 4. The Kier molecular flexibility index (Phi) is 20.2. The number of carbonyl (C=O) groups is 4. The normalized spacial score (nSPS) is 19.7. The number of alkyl halides is 2. The van der Waals surface area contributed by atoms with Crippen molar-refractivity contribution in [3.63, 3.8) is 0 Å². The van der Waals surface area contributed by atoms with Crippen molar-refractivity contribution in [3.05, 3.63) is 53.2 Å². The molecule has 0 radical (unpaired) electrons. The molecule has 4 aliphatic heterocycles. The predicted octanol–water partition coefficient (Wildman–Crippen LogP) is 6.92. The molecule has 6 heterocycles. The van der Waals surface area contributed by atoms with Gasteiger partial charge in [-0.2, -0.15) is 4.98 Å². The van der Waals surface area contributed by atoms with Crippen molar-refractivity contribution in [1.29, 1.82) is 0 Å². The van der Waals surface area contributed by atoms with Crippen LogP contribution < -0.4 is 35.6 Å². The van der Waals surface area contributed by atoms with Gasteiger partial charge in [-0.1, -0.05) is 45.0 Å². The predicted molar refractivity (Wildman–Crippen MR) is 299 cm³/mol. The molecule has 21 heteroatoms. The van der Waals surface area contributed by atoms with Crippen LogP contribution in [0.2, 0.25) is 0 Å². The maximum Gasteiger partial charge on any atom is 0.251 e. The number of carbonyl (C=O) groups excluding carboxylic acids is 4. The summed E-state index contributed by atoms with van der Waals surface area (Å²) < 4.78 is 40.4. The van der Waals surface area contributed by atoms with Gasteiger partial charge in [0.15, 0.2) is 11.5 Å². The maximum absolute atomic E-state index is 14.2. The number of benzene rings is 2. The third kappa shape index (κ3) is 16.0. The second-order valence-electron chi connectivity index (χ2n) is 22.6. The fraction of sp³-hybridized carbons (Fsp3) is 0.632. The van der Waals surface area contributed by atoms with Crippen LogP contribution in [0.4, 0.5) is 20.5 Å². The number of hydrogen-bond acceptors (Lipinski definition) is 15. The first-order chi connectivity index (χ1) is 37.4. The molecule has 4 fully saturated rings. The van der Waals surface area contributed by atoms with Crippen LogP contribution in [0.25, 0.3) is 21.3 Å². The molecule has 18 nitrogen and oxygen atoms in total. The zero-order valence-corrected chi connectivity index (χ0v) is 47.0. The monoisotopic (exact) mass is 1100 g/mol. The highest BCUT2D eigenvalue weighted by molar-refractivity contribution is 7.13. The highest BCUT2D eigenvalue weighted by Gasteiger charge is 2.44. The molecule has 0 saturated carbocycles. The quantitative estimate of drug-likeness (QED) is 0.0452. The first-order valence-corrected chi connectivity index (χ1v) is 29.0. The Labute approximate surface area is 461 Å². The summed E-state index contributed by atoms with van der Waals surface area (Å²) in [7, 11) is 1.62. The van der Waals surface area contributed by atoms with Crippen LogP contribution in [0.3, 0.4) is 0 Å². The molecule has 0 aliphatic carbocycles. The lowest BCUT2D eigenvalue weighted by atomic mass is 9.85. The topological polar surface area (TPSA) is 207 Å². The Bertz CT molecular complexity index is 2650. The molecule has 3 atom stereocenters. The van der Waals surface area contributed by atoms with Crippen LogP contribution >= 0.6 is 11.3 Å². The van der Waals surface area contributed by atoms with Crippen molar-refractivity contribution >= 4 is 57.6 Å². The van der Waals surface area contributed by atoms with Gasteiger partial charge in [0.2, 0.25) is 29.6 Å². The number of likely N-dealkylation sites (tertiary alicyclic amines) is 3. The second kappa shape index (κ2) is 26.9. The Morgan fingerprint density at radius 3 is 2.24 bits per heavy atom. The van der Waals surface area contributed by atoms with Crippen molar-refractivity contribution in [2.24, 2.45) is 5.41 Å². The van der Waals surface area contributed by atoms with Gasteiger partial charge in [-0.25, -0.2) is 18.7 Å². The number of β-amino-alcohol motifs (C(OH)–C–C–N with tert-alkyl or cyclic N) is 1. The van der Waals surface area contributed by atoms with E-state index in [1.165, 1.54) is 17.7 Å². The van der Waals surface area contributed by atoms with E-state index in [0.29, 0.717) is 54.8 Å². The fourth-order valence-corrected chi connectivity index (χ4v) is 11.7. The number of methoxy groups -OCH3 is 1. The number of nitrogens with zero attached hydrogens (tertiary/aromatic N) is 7. The number of ether oxygens (including phenoxy) is 2. The van der Waals surface area contributed by atoms with Crippen molar-refractivity contribution in [1.82, 2.24) is 45.6 Å². The van der Waals surface area contributed by atoms with Gasteiger partial charge in [0.05, 0.1) is 41.4 Å². The third-order valence-corrected chi connectivity index (χ3v) is 16.5. The summed E-state index contributed by atoms with van der Waals surface area (Å²) in [6, 6.07) is 9.97. The van der Waals surface area contributed by atoms with E-state index in [0.717, 1.165) is 92.0 Å². The van der Waals surface area contributed by atoms with E-state index >= 15 is 0 Å². The minimum atomic E-state index is -2.70. The minimum Gasteiger partial charge on any atom is -0.493 e. The van der Waals surface area contributed by atoms with Gasteiger partial charge < -0.3 is 55.4 Å². The number of aliphatic hydroxyl groups is 1. The summed E-state index contributed by atoms with van der Waals surface area (Å²) in [5.74, 6) is -1.64. The zero-order chi connectivity index (χ0) is 55.4. The number of halogens is 2. The molecule has 8 rings (SSSR count). The highest BCUT2D eigenvalue weighted by Crippen LogP contribution is 2.38. The molecule has 2 aromatic heterocycles. The van der Waals surface area contributed by atoms with Gasteiger partial charge in [-0.3, -0.25) is 19.2 Å². The number of amides is 4. The Morgan fingerprint density at radius 2 is 1.56 bits per heavy atom. The van der Waals surface area contributed by atoms with Gasteiger partial charge in [0.25, 0.3) is 5.92 Å². The molecule has 0 bridgehead atoms. The van der Waals surface area contributed by atoms with Crippen molar-refractivity contribution < 1.29 is 42.5 Å². The molecule has 0 unspecified atom stereocenters. The largest absolute Gasteiger partial charge is 0.493 e. The number of unbranched alkanes of at least 4 members (excludes halogenated alkanes) is 1. The highest BCUT2D eigenvalue weighted by atomic mass is 32.1. The van der Waals surface area contributed by atoms with E-state index in [9.17, 15) is 33.1 Å². The SMILES string of the molecule is COc1cc2c(NC3CCN(CCCNC(=O)CCCCC(=O)N[C@H](C(=O)N4C[C@H](O)C[C@H]4C(=O)NCc4ccc(-c5scnc5C)cc4)C(C)(C)C)CC3)nc(N3CCC(F)(F)CC3)nc2cc1OCCCN1CCCC1. The molecule has 4 saturated heterocycles. The van der Waals surface area contributed by atoms with Gasteiger partial charge in [0.1, 0.15) is 17.9 Å². The van der Waals surface area contributed by atoms with Crippen LogP contribution in [-0.2, 0) is 25.7 Å². The summed E-state index contributed by atoms with van der Waals surface area (Å²) >= 11 is 1.57. The summed E-state index contributed by atoms with van der Waals surface area (Å²) in [4.78, 5) is 77.0. The molecular formula is C57H81F2N11O7S. The number of piperidine rings is 2. The van der Waals surface area contributed by atoms with Crippen molar-refractivity contribution in [3.8, 4) is 21.9 Å². The number of aryl methyl sites for hydroxylation is 1. The fourth-order valence-electron chi connectivity index (χ4n) is 10.9. The van der Waals surface area contributed by atoms with Crippen LogP contribution in [0.5, 0.6) is 11.5 Å². The number of thiazole rings is 1. The molecule has 2 aromatic carbocycles. The van der Waals surface area contributed by atoms with E-state index in [4.69, 9.17) is 19.4 Å². The Hall–Kier alpha value is -5.77. The van der Waals surface area contributed by atoms with Gasteiger partial charge in [-0.15, -0.1) is 11.3 Å². The summed E-state index contributed by atoms with van der Waals surface area (Å²) in [5, 5.41) is 24.0. The number of aliphatic hydroxyl groups excluding tert-OH is 1. The molecule has 4 aromatic rings. The lowest BCUT2D eigenvalue weighted by Crippen LogP contribution is -2.57. The number of fused-ring (bicyclic) bond motifs is 1. The number of hydrogen-bond donors (Lipinski definition) is 5. The van der Waals surface area contributed by atoms with E-state index in [2.05, 4.69) is 36.1 Å². The summed E-state index contributed by atoms with van der Waals surface area (Å²) in [6.45, 7) is 14.9. The zero-order valence-electron chi connectivity index (χ0n) is 46.2. The molecule has 4 aliphatic rings. The van der Waals surface area contributed by atoms with Crippen LogP contribution in [0, 0.1) is 12.3 Å². The Morgan fingerprint density at radius 1 is 0.872 bits per heavy atom. The molecule has 426 valence electrons. The lowest BCUT2D eigenvalue weighted by molar-refractivity contribution is -0.144. The second-order valence-corrected chi connectivity index (χ2v) is 23.5. The van der Waals surface area contributed by atoms with Crippen molar-refractivity contribution in [2.45, 2.75) is 148 Å². The molecular weight excluding hydrogens is 1020 g/mol. The molecule has 0 spiro atoms. The van der Waals surface area contributed by atoms with Crippen LogP contribution in [-0.4, -0.2) is 168 Å². The number of aromatic nitrogens is 3. The van der Waals surface area contributed by atoms with Crippen LogP contribution in [0.15, 0.2) is 41.9 Å². The number of anilines is 2.